The van der Waals surface area contributed by atoms with Crippen LogP contribution in [0.25, 0.3) is 0 Å². The number of hydrogen-bond donors (Lipinski definition) is 0. The molecule has 1 atom stereocenters. The number of hydrogen-bond acceptors (Lipinski definition) is 2. The van der Waals surface area contributed by atoms with Crippen molar-refractivity contribution in [3.63, 3.8) is 0 Å². The maximum absolute atomic E-state index is 6.51. The molecule has 0 saturated carbocycles. The molecule has 0 spiro atoms. The maximum atomic E-state index is 6.51. The van der Waals surface area contributed by atoms with Crippen LogP contribution in [0.5, 0.6) is 0 Å². The highest BCUT2D eigenvalue weighted by atomic mass is 16.5. The Morgan fingerprint density at radius 2 is 1.08 bits per heavy atom. The van der Waals surface area contributed by atoms with Crippen LogP contribution in [0.4, 0.5) is 0 Å². The second-order valence-corrected chi connectivity index (χ2v) is 15.2. The fraction of sp³-hybridized carbons (Fsp3) is 0.824. The van der Waals surface area contributed by atoms with Crippen molar-refractivity contribution >= 4 is 0 Å². The van der Waals surface area contributed by atoms with Crippen LogP contribution in [0.15, 0.2) is 24.3 Å². The molecule has 0 amide bonds. The quantitative estimate of drug-likeness (QED) is 0.266. The summed E-state index contributed by atoms with van der Waals surface area (Å²) < 4.78 is 12.7. The molecule has 0 radical (unpaired) electrons. The van der Waals surface area contributed by atoms with E-state index in [0.29, 0.717) is 5.92 Å². The number of benzene rings is 1. The normalized spacial score (nSPS) is 14.5. The summed E-state index contributed by atoms with van der Waals surface area (Å²) in [5.74, 6) is 0.689. The second-order valence-electron chi connectivity index (χ2n) is 15.2. The van der Waals surface area contributed by atoms with Gasteiger partial charge in [0.2, 0.25) is 0 Å². The van der Waals surface area contributed by atoms with E-state index in [0.717, 1.165) is 26.1 Å². The molecule has 0 bridgehead atoms. The molecule has 2 heteroatoms. The summed E-state index contributed by atoms with van der Waals surface area (Å²) in [5.41, 5.74) is 3.10. The van der Waals surface area contributed by atoms with Gasteiger partial charge in [-0.3, -0.25) is 0 Å². The second kappa shape index (κ2) is 13.8. The highest BCUT2D eigenvalue weighted by Gasteiger charge is 2.33. The lowest BCUT2D eigenvalue weighted by Gasteiger charge is -2.38. The summed E-state index contributed by atoms with van der Waals surface area (Å²) in [6.07, 6.45) is 3.42. The Morgan fingerprint density at radius 3 is 1.50 bits per heavy atom. The molecule has 1 unspecified atom stereocenters. The molecule has 36 heavy (non-hydrogen) atoms. The van der Waals surface area contributed by atoms with Gasteiger partial charge in [0.1, 0.15) is 0 Å². The number of rotatable bonds is 13. The summed E-state index contributed by atoms with van der Waals surface area (Å²) >= 11 is 0. The Labute approximate surface area is 227 Å². The summed E-state index contributed by atoms with van der Waals surface area (Å²) in [6.45, 7) is 37.6. The van der Waals surface area contributed by atoms with Crippen molar-refractivity contribution in [1.82, 2.24) is 0 Å². The van der Waals surface area contributed by atoms with Gasteiger partial charge in [0.15, 0.2) is 0 Å². The Balaban J connectivity index is 0.00000596. The largest absolute Gasteiger partial charge is 0.378 e. The minimum Gasteiger partial charge on any atom is -0.378 e. The third kappa shape index (κ3) is 13.6. The van der Waals surface area contributed by atoms with Gasteiger partial charge in [-0.1, -0.05) is 114 Å². The van der Waals surface area contributed by atoms with E-state index in [9.17, 15) is 0 Å². The van der Waals surface area contributed by atoms with Gasteiger partial charge in [-0.05, 0) is 78.7 Å². The van der Waals surface area contributed by atoms with Crippen LogP contribution in [0.1, 0.15) is 141 Å². The third-order valence-electron chi connectivity index (χ3n) is 6.73. The fourth-order valence-electron chi connectivity index (χ4n) is 5.43. The molecule has 0 aliphatic carbocycles. The number of ether oxygens (including phenoxy) is 2. The molecule has 1 rings (SSSR count). The fourth-order valence-corrected chi connectivity index (χ4v) is 5.43. The highest BCUT2D eigenvalue weighted by Crippen LogP contribution is 2.37. The molecule has 0 fully saturated rings. The molecular formula is C34H64O2. The van der Waals surface area contributed by atoms with Crippen LogP contribution in [0.2, 0.25) is 0 Å². The zero-order valence-corrected chi connectivity index (χ0v) is 27.3. The molecule has 0 aliphatic heterocycles. The standard InChI is InChI=1S/C32H58O2.C2H6/c1-24(2)19-29(7,8)23-34-32(13,14)21-31(11,12)27-17-15-26(16-18-27)30(9,10)20-25(3)33-22-28(4,5)6;1-2/h15-18,24-25H,19-23H2,1-14H3;1-2H3. The molecule has 2 nitrogen and oxygen atoms in total. The van der Waals surface area contributed by atoms with Gasteiger partial charge in [-0.2, -0.15) is 0 Å². The maximum Gasteiger partial charge on any atom is 0.0635 e. The molecule has 1 aromatic rings. The van der Waals surface area contributed by atoms with Crippen LogP contribution < -0.4 is 0 Å². The lowest BCUT2D eigenvalue weighted by atomic mass is 9.74. The van der Waals surface area contributed by atoms with Crippen LogP contribution in [-0.4, -0.2) is 24.9 Å². The van der Waals surface area contributed by atoms with Crippen LogP contribution in [0, 0.1) is 16.7 Å². The van der Waals surface area contributed by atoms with E-state index in [1.165, 1.54) is 17.5 Å². The summed E-state index contributed by atoms with van der Waals surface area (Å²) in [7, 11) is 0. The Morgan fingerprint density at radius 1 is 0.639 bits per heavy atom. The summed E-state index contributed by atoms with van der Waals surface area (Å²) in [6, 6.07) is 9.31. The van der Waals surface area contributed by atoms with E-state index < -0.39 is 0 Å². The first kappa shape index (κ1) is 35.1. The van der Waals surface area contributed by atoms with E-state index in [1.807, 2.05) is 13.8 Å². The Bertz CT molecular complexity index is 729. The van der Waals surface area contributed by atoms with Crippen molar-refractivity contribution < 1.29 is 9.47 Å². The van der Waals surface area contributed by atoms with E-state index in [4.69, 9.17) is 9.47 Å². The van der Waals surface area contributed by atoms with Crippen molar-refractivity contribution in [3.05, 3.63) is 35.4 Å². The van der Waals surface area contributed by atoms with Crippen LogP contribution in [0.3, 0.4) is 0 Å². The lowest BCUT2D eigenvalue weighted by Crippen LogP contribution is -2.37. The molecule has 0 saturated heterocycles. The van der Waals surface area contributed by atoms with Crippen LogP contribution in [-0.2, 0) is 20.3 Å². The van der Waals surface area contributed by atoms with Gasteiger partial charge in [0.05, 0.1) is 24.9 Å². The van der Waals surface area contributed by atoms with Crippen molar-refractivity contribution in [3.8, 4) is 0 Å². The lowest BCUT2D eigenvalue weighted by molar-refractivity contribution is -0.0723. The molecule has 0 N–H and O–H groups in total. The molecule has 0 heterocycles. The van der Waals surface area contributed by atoms with Crippen molar-refractivity contribution in [2.75, 3.05) is 13.2 Å². The summed E-state index contributed by atoms with van der Waals surface area (Å²) in [4.78, 5) is 0. The third-order valence-corrected chi connectivity index (χ3v) is 6.73. The van der Waals surface area contributed by atoms with Gasteiger partial charge in [-0.25, -0.2) is 0 Å². The van der Waals surface area contributed by atoms with E-state index >= 15 is 0 Å². The van der Waals surface area contributed by atoms with E-state index in [1.54, 1.807) is 0 Å². The van der Waals surface area contributed by atoms with Gasteiger partial charge < -0.3 is 9.47 Å². The van der Waals surface area contributed by atoms with Gasteiger partial charge in [0, 0.05) is 0 Å². The van der Waals surface area contributed by atoms with Crippen molar-refractivity contribution in [1.29, 1.82) is 0 Å². The zero-order valence-electron chi connectivity index (χ0n) is 27.3. The van der Waals surface area contributed by atoms with Gasteiger partial charge >= 0.3 is 0 Å². The first-order valence-corrected chi connectivity index (χ1v) is 14.5. The molecule has 212 valence electrons. The minimum absolute atomic E-state index is 0.0392. The van der Waals surface area contributed by atoms with Crippen molar-refractivity contribution in [2.45, 2.75) is 153 Å². The van der Waals surface area contributed by atoms with Crippen molar-refractivity contribution in [2.24, 2.45) is 16.7 Å². The topological polar surface area (TPSA) is 18.5 Å². The predicted molar refractivity (Wildman–Crippen MR) is 161 cm³/mol. The van der Waals surface area contributed by atoms with Gasteiger partial charge in [0.25, 0.3) is 0 Å². The highest BCUT2D eigenvalue weighted by molar-refractivity contribution is 5.32. The smallest absolute Gasteiger partial charge is 0.0635 e. The zero-order chi connectivity index (χ0) is 28.6. The average molecular weight is 505 g/mol. The first-order chi connectivity index (χ1) is 16.1. The molecular weight excluding hydrogens is 440 g/mol. The minimum atomic E-state index is -0.171. The summed E-state index contributed by atoms with van der Waals surface area (Å²) in [5, 5.41) is 0. The Hall–Kier alpha value is -0.860. The molecule has 0 aliphatic rings. The Kier molecular flexibility index (Phi) is 13.5. The van der Waals surface area contributed by atoms with E-state index in [2.05, 4.69) is 121 Å². The average Bonchev–Trinajstić information content (AvgIpc) is 2.70. The van der Waals surface area contributed by atoms with Crippen LogP contribution >= 0.6 is 0 Å². The monoisotopic (exact) mass is 504 g/mol. The van der Waals surface area contributed by atoms with E-state index in [-0.39, 0.29) is 33.4 Å². The molecule has 1 aromatic carbocycles. The molecule has 0 aromatic heterocycles. The SMILES string of the molecule is CC.CC(C)CC(C)(C)COC(C)(C)CC(C)(C)c1ccc(C(C)(C)CC(C)OCC(C)(C)C)cc1. The van der Waals surface area contributed by atoms with Gasteiger partial charge in [-0.15, -0.1) is 0 Å². The predicted octanol–water partition coefficient (Wildman–Crippen LogP) is 10.4. The first-order valence-electron chi connectivity index (χ1n) is 14.5.